The maximum absolute atomic E-state index is 11.7. The van der Waals surface area contributed by atoms with E-state index >= 15 is 0 Å². The van der Waals surface area contributed by atoms with Crippen LogP contribution in [0.4, 0.5) is 0 Å². The highest BCUT2D eigenvalue weighted by atomic mass is 16.5. The number of nitrogens with one attached hydrogen (secondary N) is 1. The van der Waals surface area contributed by atoms with Crippen molar-refractivity contribution in [3.05, 3.63) is 65.2 Å². The molecule has 2 N–H and O–H groups in total. The number of carbonyl (C=O) groups is 2. The lowest BCUT2D eigenvalue weighted by atomic mass is 10.1. The van der Waals surface area contributed by atoms with Crippen LogP contribution in [0.15, 0.2) is 48.5 Å². The molecule has 2 aromatic carbocycles. The van der Waals surface area contributed by atoms with E-state index in [9.17, 15) is 9.59 Å². The lowest BCUT2D eigenvalue weighted by Crippen LogP contribution is -2.28. The van der Waals surface area contributed by atoms with Crippen LogP contribution in [0.5, 0.6) is 5.75 Å². The Morgan fingerprint density at radius 1 is 1.14 bits per heavy atom. The van der Waals surface area contributed by atoms with E-state index in [2.05, 4.69) is 5.32 Å². The SMILES string of the molecule is Cc1ccc(OCC(=O)NCc2cccc(C(=O)O)c2)cc1. The van der Waals surface area contributed by atoms with Gasteiger partial charge in [-0.15, -0.1) is 0 Å². The molecule has 5 nitrogen and oxygen atoms in total. The first-order valence-corrected chi connectivity index (χ1v) is 6.83. The molecule has 0 fully saturated rings. The number of benzene rings is 2. The number of hydrogen-bond acceptors (Lipinski definition) is 3. The quantitative estimate of drug-likeness (QED) is 0.858. The van der Waals surface area contributed by atoms with E-state index < -0.39 is 5.97 Å². The van der Waals surface area contributed by atoms with Crippen molar-refractivity contribution in [3.8, 4) is 5.75 Å². The van der Waals surface area contributed by atoms with Gasteiger partial charge >= 0.3 is 5.97 Å². The number of carboxylic acids is 1. The van der Waals surface area contributed by atoms with Crippen molar-refractivity contribution in [1.29, 1.82) is 0 Å². The second-order valence-corrected chi connectivity index (χ2v) is 4.88. The van der Waals surface area contributed by atoms with Crippen LogP contribution in [-0.4, -0.2) is 23.6 Å². The molecule has 0 aromatic heterocycles. The van der Waals surface area contributed by atoms with Gasteiger partial charge < -0.3 is 15.2 Å². The van der Waals surface area contributed by atoms with Crippen LogP contribution in [0.1, 0.15) is 21.5 Å². The lowest BCUT2D eigenvalue weighted by Gasteiger charge is -2.08. The normalized spacial score (nSPS) is 10.0. The van der Waals surface area contributed by atoms with Gasteiger partial charge in [-0.1, -0.05) is 29.8 Å². The topological polar surface area (TPSA) is 75.6 Å². The Hall–Kier alpha value is -2.82. The molecule has 0 saturated carbocycles. The molecule has 0 spiro atoms. The molecule has 1 amide bonds. The van der Waals surface area contributed by atoms with Gasteiger partial charge in [-0.3, -0.25) is 4.79 Å². The highest BCUT2D eigenvalue weighted by molar-refractivity contribution is 5.87. The van der Waals surface area contributed by atoms with Crippen molar-refractivity contribution >= 4 is 11.9 Å². The van der Waals surface area contributed by atoms with Gasteiger partial charge in [0.05, 0.1) is 5.56 Å². The summed E-state index contributed by atoms with van der Waals surface area (Å²) in [5.74, 6) is -0.620. The number of carbonyl (C=O) groups excluding carboxylic acids is 1. The molecule has 0 atom stereocenters. The standard InChI is InChI=1S/C17H17NO4/c1-12-5-7-15(8-6-12)22-11-16(19)18-10-13-3-2-4-14(9-13)17(20)21/h2-9H,10-11H2,1H3,(H,18,19)(H,20,21). The molecule has 0 aliphatic heterocycles. The number of carboxylic acid groups (broad SMARTS) is 1. The first-order chi connectivity index (χ1) is 10.5. The summed E-state index contributed by atoms with van der Waals surface area (Å²) in [6, 6.07) is 13.9. The zero-order valence-electron chi connectivity index (χ0n) is 12.2. The molecule has 0 radical (unpaired) electrons. The minimum atomic E-state index is -0.990. The van der Waals surface area contributed by atoms with Crippen molar-refractivity contribution in [1.82, 2.24) is 5.32 Å². The average molecular weight is 299 g/mol. The molecule has 0 aliphatic carbocycles. The summed E-state index contributed by atoms with van der Waals surface area (Å²) in [6.07, 6.45) is 0. The van der Waals surface area contributed by atoms with Crippen molar-refractivity contribution < 1.29 is 19.4 Å². The average Bonchev–Trinajstić information content (AvgIpc) is 2.52. The van der Waals surface area contributed by atoms with Crippen LogP contribution in [0.25, 0.3) is 0 Å². The van der Waals surface area contributed by atoms with Gasteiger partial charge in [0, 0.05) is 6.54 Å². The highest BCUT2D eigenvalue weighted by Gasteiger charge is 2.05. The molecule has 0 bridgehead atoms. The third kappa shape index (κ3) is 4.63. The number of rotatable bonds is 6. The van der Waals surface area contributed by atoms with Gasteiger partial charge in [-0.05, 0) is 36.8 Å². The van der Waals surface area contributed by atoms with Gasteiger partial charge in [0.2, 0.25) is 0 Å². The third-order valence-electron chi connectivity index (χ3n) is 3.05. The fraction of sp³-hybridized carbons (Fsp3) is 0.176. The van der Waals surface area contributed by atoms with Gasteiger partial charge in [-0.25, -0.2) is 4.79 Å². The molecule has 0 aliphatic rings. The van der Waals surface area contributed by atoms with Crippen LogP contribution in [0.3, 0.4) is 0 Å². The van der Waals surface area contributed by atoms with E-state index in [1.54, 1.807) is 24.3 Å². The summed E-state index contributed by atoms with van der Waals surface area (Å²) in [5, 5.41) is 11.6. The van der Waals surface area contributed by atoms with E-state index in [0.29, 0.717) is 5.75 Å². The molecule has 0 heterocycles. The van der Waals surface area contributed by atoms with Crippen LogP contribution < -0.4 is 10.1 Å². The van der Waals surface area contributed by atoms with Crippen LogP contribution >= 0.6 is 0 Å². The minimum absolute atomic E-state index is 0.0817. The molecule has 0 saturated heterocycles. The Morgan fingerprint density at radius 2 is 1.86 bits per heavy atom. The molecule has 22 heavy (non-hydrogen) atoms. The molecule has 2 rings (SSSR count). The smallest absolute Gasteiger partial charge is 0.335 e. The molecule has 2 aromatic rings. The van der Waals surface area contributed by atoms with Crippen LogP contribution in [0, 0.1) is 6.92 Å². The number of ether oxygens (including phenoxy) is 1. The molecule has 0 unspecified atom stereocenters. The Kier molecular flexibility index (Phi) is 5.14. The Balaban J connectivity index is 1.81. The van der Waals surface area contributed by atoms with Gasteiger partial charge in [0.25, 0.3) is 5.91 Å². The van der Waals surface area contributed by atoms with Crippen molar-refractivity contribution in [2.24, 2.45) is 0 Å². The largest absolute Gasteiger partial charge is 0.484 e. The maximum Gasteiger partial charge on any atom is 0.335 e. The second-order valence-electron chi connectivity index (χ2n) is 4.88. The van der Waals surface area contributed by atoms with Gasteiger partial charge in [-0.2, -0.15) is 0 Å². The number of amides is 1. The zero-order chi connectivity index (χ0) is 15.9. The van der Waals surface area contributed by atoms with E-state index in [0.717, 1.165) is 11.1 Å². The number of aryl methyl sites for hydroxylation is 1. The Morgan fingerprint density at radius 3 is 2.55 bits per heavy atom. The van der Waals surface area contributed by atoms with Crippen molar-refractivity contribution in [3.63, 3.8) is 0 Å². The number of aromatic carboxylic acids is 1. The lowest BCUT2D eigenvalue weighted by molar-refractivity contribution is -0.123. The zero-order valence-corrected chi connectivity index (χ0v) is 12.2. The second kappa shape index (κ2) is 7.26. The van der Waals surface area contributed by atoms with Gasteiger partial charge in [0.1, 0.15) is 5.75 Å². The third-order valence-corrected chi connectivity index (χ3v) is 3.05. The summed E-state index contributed by atoms with van der Waals surface area (Å²) in [4.78, 5) is 22.6. The molecular formula is C17H17NO4. The van der Waals surface area contributed by atoms with Crippen molar-refractivity contribution in [2.75, 3.05) is 6.61 Å². The van der Waals surface area contributed by atoms with Crippen LogP contribution in [0.2, 0.25) is 0 Å². The Bertz CT molecular complexity index is 665. The molecule has 5 heteroatoms. The summed E-state index contributed by atoms with van der Waals surface area (Å²) in [6.45, 7) is 2.15. The number of hydrogen-bond donors (Lipinski definition) is 2. The van der Waals surface area contributed by atoms with Gasteiger partial charge in [0.15, 0.2) is 6.61 Å². The minimum Gasteiger partial charge on any atom is -0.484 e. The Labute approximate surface area is 128 Å². The van der Waals surface area contributed by atoms with E-state index in [-0.39, 0.29) is 24.6 Å². The van der Waals surface area contributed by atoms with E-state index in [4.69, 9.17) is 9.84 Å². The van der Waals surface area contributed by atoms with Crippen LogP contribution in [-0.2, 0) is 11.3 Å². The fourth-order valence-corrected chi connectivity index (χ4v) is 1.85. The molecular weight excluding hydrogens is 282 g/mol. The maximum atomic E-state index is 11.7. The van der Waals surface area contributed by atoms with E-state index in [1.165, 1.54) is 12.1 Å². The summed E-state index contributed by atoms with van der Waals surface area (Å²) in [5.41, 5.74) is 2.04. The first-order valence-electron chi connectivity index (χ1n) is 6.83. The van der Waals surface area contributed by atoms with E-state index in [1.807, 2.05) is 19.1 Å². The highest BCUT2D eigenvalue weighted by Crippen LogP contribution is 2.11. The molecule has 114 valence electrons. The predicted molar refractivity (Wildman–Crippen MR) is 81.9 cm³/mol. The predicted octanol–water partition coefficient (Wildman–Crippen LogP) is 2.39. The van der Waals surface area contributed by atoms with Crippen molar-refractivity contribution in [2.45, 2.75) is 13.5 Å². The fourth-order valence-electron chi connectivity index (χ4n) is 1.85. The summed E-state index contributed by atoms with van der Waals surface area (Å²) >= 11 is 0. The summed E-state index contributed by atoms with van der Waals surface area (Å²) < 4.78 is 5.37. The summed E-state index contributed by atoms with van der Waals surface area (Å²) in [7, 11) is 0. The first kappa shape index (κ1) is 15.6. The monoisotopic (exact) mass is 299 g/mol.